The number of fused-ring (bicyclic) bond motifs is 1. The molecule has 1 aromatic carbocycles. The molecule has 0 spiro atoms. The topological polar surface area (TPSA) is 68.4 Å². The molecule has 0 aliphatic heterocycles. The van der Waals surface area contributed by atoms with Crippen LogP contribution in [-0.2, 0) is 9.47 Å². The summed E-state index contributed by atoms with van der Waals surface area (Å²) in [5.41, 5.74) is 0.602. The van der Waals surface area contributed by atoms with Crippen LogP contribution in [0.1, 0.15) is 17.3 Å². The second-order valence-corrected chi connectivity index (χ2v) is 3.93. The number of esters is 1. The van der Waals surface area contributed by atoms with Crippen LogP contribution >= 0.6 is 0 Å². The van der Waals surface area contributed by atoms with Gasteiger partial charge in [0.25, 0.3) is 0 Å². The van der Waals surface area contributed by atoms with Crippen molar-refractivity contribution < 1.29 is 14.3 Å². The lowest BCUT2D eigenvalue weighted by Gasteiger charge is -2.07. The molecule has 0 unspecified atom stereocenters. The van der Waals surface area contributed by atoms with Crippen molar-refractivity contribution in [2.75, 3.05) is 19.8 Å². The van der Waals surface area contributed by atoms with Gasteiger partial charge in [-0.25, -0.2) is 4.79 Å². The van der Waals surface area contributed by atoms with Crippen LogP contribution in [0.25, 0.3) is 10.9 Å². The van der Waals surface area contributed by atoms with Gasteiger partial charge in [0.2, 0.25) is 5.56 Å². The third-order valence-corrected chi connectivity index (χ3v) is 2.64. The first-order valence-electron chi connectivity index (χ1n) is 6.09. The Morgan fingerprint density at radius 1 is 1.21 bits per heavy atom. The molecule has 1 heterocycles. The molecule has 1 aromatic heterocycles. The number of ether oxygens (including phenoxy) is 2. The minimum atomic E-state index is -0.466. The maximum Gasteiger partial charge on any atom is 0.340 e. The van der Waals surface area contributed by atoms with Crippen LogP contribution < -0.4 is 5.56 Å². The first-order valence-corrected chi connectivity index (χ1v) is 6.09. The number of hydrogen-bond acceptors (Lipinski definition) is 4. The highest BCUT2D eigenvalue weighted by Gasteiger charge is 2.11. The van der Waals surface area contributed by atoms with Crippen LogP contribution in [-0.4, -0.2) is 30.8 Å². The molecule has 0 saturated carbocycles. The number of pyridine rings is 1. The SMILES string of the molecule is CCOCCOC(=O)c1cccc2ccc(=O)[nH]c12. The Kier molecular flexibility index (Phi) is 4.30. The van der Waals surface area contributed by atoms with E-state index in [2.05, 4.69) is 4.98 Å². The number of aromatic amines is 1. The molecule has 5 nitrogen and oxygen atoms in total. The number of aromatic nitrogens is 1. The predicted octanol–water partition coefficient (Wildman–Crippen LogP) is 1.72. The average molecular weight is 261 g/mol. The molecular formula is C14H15NO4. The van der Waals surface area contributed by atoms with Gasteiger partial charge in [-0.05, 0) is 24.4 Å². The summed E-state index contributed by atoms with van der Waals surface area (Å²) >= 11 is 0. The lowest BCUT2D eigenvalue weighted by atomic mass is 10.1. The zero-order valence-electron chi connectivity index (χ0n) is 10.6. The van der Waals surface area contributed by atoms with Gasteiger partial charge >= 0.3 is 5.97 Å². The molecule has 0 radical (unpaired) electrons. The fourth-order valence-electron chi connectivity index (χ4n) is 1.76. The van der Waals surface area contributed by atoms with Gasteiger partial charge in [0, 0.05) is 12.7 Å². The maximum absolute atomic E-state index is 11.9. The van der Waals surface area contributed by atoms with Crippen LogP contribution in [0.5, 0.6) is 0 Å². The lowest BCUT2D eigenvalue weighted by molar-refractivity contribution is 0.0337. The molecule has 1 N–H and O–H groups in total. The summed E-state index contributed by atoms with van der Waals surface area (Å²) < 4.78 is 10.2. The molecule has 100 valence electrons. The van der Waals surface area contributed by atoms with Gasteiger partial charge in [0.05, 0.1) is 17.7 Å². The fourth-order valence-corrected chi connectivity index (χ4v) is 1.76. The highest BCUT2D eigenvalue weighted by atomic mass is 16.6. The van der Waals surface area contributed by atoms with Crippen molar-refractivity contribution in [2.24, 2.45) is 0 Å². The quantitative estimate of drug-likeness (QED) is 0.657. The van der Waals surface area contributed by atoms with Crippen molar-refractivity contribution in [3.63, 3.8) is 0 Å². The van der Waals surface area contributed by atoms with Gasteiger partial charge < -0.3 is 14.5 Å². The third-order valence-electron chi connectivity index (χ3n) is 2.64. The van der Waals surface area contributed by atoms with E-state index < -0.39 is 5.97 Å². The highest BCUT2D eigenvalue weighted by molar-refractivity contribution is 6.02. The van der Waals surface area contributed by atoms with Gasteiger partial charge in [0.15, 0.2) is 0 Å². The molecule has 5 heteroatoms. The van der Waals surface area contributed by atoms with E-state index in [0.29, 0.717) is 24.3 Å². The van der Waals surface area contributed by atoms with Crippen LogP contribution in [0.15, 0.2) is 35.1 Å². The summed E-state index contributed by atoms with van der Waals surface area (Å²) in [4.78, 5) is 25.9. The van der Waals surface area contributed by atoms with Crippen molar-refractivity contribution in [1.82, 2.24) is 4.98 Å². The van der Waals surface area contributed by atoms with Crippen LogP contribution in [0, 0.1) is 0 Å². The average Bonchev–Trinajstić information content (AvgIpc) is 2.42. The molecule has 0 atom stereocenters. The molecule has 0 saturated heterocycles. The summed E-state index contributed by atoms with van der Waals surface area (Å²) in [6.07, 6.45) is 0. The molecule has 0 aliphatic carbocycles. The van der Waals surface area contributed by atoms with Gasteiger partial charge in [-0.2, -0.15) is 0 Å². The molecule has 19 heavy (non-hydrogen) atoms. The number of para-hydroxylation sites is 1. The van der Waals surface area contributed by atoms with E-state index in [1.165, 1.54) is 6.07 Å². The number of rotatable bonds is 5. The molecule has 2 rings (SSSR count). The van der Waals surface area contributed by atoms with E-state index in [0.717, 1.165) is 5.39 Å². The predicted molar refractivity (Wildman–Crippen MR) is 71.3 cm³/mol. The van der Waals surface area contributed by atoms with Gasteiger partial charge in [-0.3, -0.25) is 4.79 Å². The Morgan fingerprint density at radius 2 is 2.05 bits per heavy atom. The molecule has 0 amide bonds. The molecule has 0 bridgehead atoms. The van der Waals surface area contributed by atoms with Crippen LogP contribution in [0.3, 0.4) is 0 Å². The second-order valence-electron chi connectivity index (χ2n) is 3.93. The van der Waals surface area contributed by atoms with Crippen LogP contribution in [0.2, 0.25) is 0 Å². The van der Waals surface area contributed by atoms with Gasteiger partial charge in [0.1, 0.15) is 6.61 Å². The Labute approximate surface area is 110 Å². The van der Waals surface area contributed by atoms with Crippen molar-refractivity contribution in [2.45, 2.75) is 6.92 Å². The van der Waals surface area contributed by atoms with Crippen molar-refractivity contribution in [1.29, 1.82) is 0 Å². The molecule has 0 aliphatic rings. The van der Waals surface area contributed by atoms with E-state index in [4.69, 9.17) is 9.47 Å². The number of benzene rings is 1. The second kappa shape index (κ2) is 6.15. The van der Waals surface area contributed by atoms with Crippen molar-refractivity contribution in [3.05, 3.63) is 46.2 Å². The molecule has 2 aromatic rings. The highest BCUT2D eigenvalue weighted by Crippen LogP contribution is 2.15. The number of carbonyl (C=O) groups excluding carboxylic acids is 1. The number of H-pyrrole nitrogens is 1. The number of nitrogens with one attached hydrogen (secondary N) is 1. The summed E-state index contributed by atoms with van der Waals surface area (Å²) in [6, 6.07) is 8.29. The number of hydrogen-bond donors (Lipinski definition) is 1. The monoisotopic (exact) mass is 261 g/mol. The van der Waals surface area contributed by atoms with Crippen molar-refractivity contribution >= 4 is 16.9 Å². The zero-order valence-corrected chi connectivity index (χ0v) is 10.6. The Bertz CT molecular complexity index is 633. The Morgan fingerprint density at radius 3 is 2.84 bits per heavy atom. The maximum atomic E-state index is 11.9. The van der Waals surface area contributed by atoms with E-state index in [1.807, 2.05) is 13.0 Å². The lowest BCUT2D eigenvalue weighted by Crippen LogP contribution is -2.13. The van der Waals surface area contributed by atoms with E-state index in [9.17, 15) is 9.59 Å². The summed E-state index contributed by atoms with van der Waals surface area (Å²) in [6.45, 7) is 3.01. The van der Waals surface area contributed by atoms with E-state index in [-0.39, 0.29) is 12.2 Å². The first kappa shape index (κ1) is 13.3. The largest absolute Gasteiger partial charge is 0.460 e. The van der Waals surface area contributed by atoms with Crippen LogP contribution in [0.4, 0.5) is 0 Å². The fraction of sp³-hybridized carbons (Fsp3) is 0.286. The summed E-state index contributed by atoms with van der Waals surface area (Å²) in [5, 5.41) is 0.791. The van der Waals surface area contributed by atoms with Gasteiger partial charge in [-0.1, -0.05) is 12.1 Å². The van der Waals surface area contributed by atoms with Crippen molar-refractivity contribution in [3.8, 4) is 0 Å². The minimum absolute atomic E-state index is 0.195. The Balaban J connectivity index is 2.22. The standard InChI is InChI=1S/C14H15NO4/c1-2-18-8-9-19-14(17)11-5-3-4-10-6-7-12(16)15-13(10)11/h3-7H,2,8-9H2,1H3,(H,15,16). The minimum Gasteiger partial charge on any atom is -0.460 e. The number of carbonyl (C=O) groups is 1. The summed E-state index contributed by atoms with van der Waals surface area (Å²) in [7, 11) is 0. The first-order chi connectivity index (χ1) is 9.22. The smallest absolute Gasteiger partial charge is 0.340 e. The molecular weight excluding hydrogens is 246 g/mol. The Hall–Kier alpha value is -2.14. The summed E-state index contributed by atoms with van der Waals surface area (Å²) in [5.74, 6) is -0.466. The van der Waals surface area contributed by atoms with Gasteiger partial charge in [-0.15, -0.1) is 0 Å². The van der Waals surface area contributed by atoms with E-state index in [1.54, 1.807) is 18.2 Å². The third kappa shape index (κ3) is 3.20. The van der Waals surface area contributed by atoms with E-state index >= 15 is 0 Å². The normalized spacial score (nSPS) is 10.6. The molecule has 0 fully saturated rings. The zero-order chi connectivity index (χ0) is 13.7.